The van der Waals surface area contributed by atoms with Gasteiger partial charge in [0, 0.05) is 26.3 Å². The maximum Gasteiger partial charge on any atom is 0.252 e. The van der Waals surface area contributed by atoms with Crippen molar-refractivity contribution in [2.45, 2.75) is 104 Å². The molecular formula is C27H45N5OS. The molecule has 0 aliphatic carbocycles. The van der Waals surface area contributed by atoms with Gasteiger partial charge in [-0.3, -0.25) is 4.79 Å². The minimum atomic E-state index is -0.0905. The average Bonchev–Trinajstić information content (AvgIpc) is 3.18. The zero-order valence-corrected chi connectivity index (χ0v) is 22.4. The number of aromatic nitrogens is 3. The first-order valence-corrected chi connectivity index (χ1v) is 13.9. The zero-order chi connectivity index (χ0) is 24.6. The summed E-state index contributed by atoms with van der Waals surface area (Å²) in [7, 11) is 1.92. The number of thiocarbonyl (C=S) groups is 1. The SMILES string of the molecule is CCCCCCCCCNC(=O)c1cnc2c(c1)nc(C(=S)NCCCCCCCCC)n2C. The van der Waals surface area contributed by atoms with Gasteiger partial charge in [-0.25, -0.2) is 9.97 Å². The van der Waals surface area contributed by atoms with E-state index in [1.165, 1.54) is 70.6 Å². The lowest BCUT2D eigenvalue weighted by molar-refractivity contribution is 0.0952. The van der Waals surface area contributed by atoms with Crippen molar-refractivity contribution in [3.05, 3.63) is 23.7 Å². The maximum atomic E-state index is 12.6. The van der Waals surface area contributed by atoms with Crippen molar-refractivity contribution >= 4 is 34.3 Å². The van der Waals surface area contributed by atoms with Crippen LogP contribution in [0, 0.1) is 0 Å². The fourth-order valence-corrected chi connectivity index (χ4v) is 4.44. The average molecular weight is 488 g/mol. The second-order valence-corrected chi connectivity index (χ2v) is 9.72. The molecule has 2 aromatic heterocycles. The maximum absolute atomic E-state index is 12.6. The summed E-state index contributed by atoms with van der Waals surface area (Å²) in [5.41, 5.74) is 1.97. The molecule has 0 atom stereocenters. The van der Waals surface area contributed by atoms with E-state index < -0.39 is 0 Å². The third kappa shape index (κ3) is 9.69. The van der Waals surface area contributed by atoms with Crippen molar-refractivity contribution in [2.75, 3.05) is 13.1 Å². The summed E-state index contributed by atoms with van der Waals surface area (Å²) in [5.74, 6) is 0.605. The van der Waals surface area contributed by atoms with Gasteiger partial charge in [-0.15, -0.1) is 0 Å². The van der Waals surface area contributed by atoms with Crippen LogP contribution in [0.15, 0.2) is 12.3 Å². The van der Waals surface area contributed by atoms with Gasteiger partial charge >= 0.3 is 0 Å². The van der Waals surface area contributed by atoms with E-state index in [4.69, 9.17) is 12.2 Å². The van der Waals surface area contributed by atoms with Crippen LogP contribution in [-0.4, -0.2) is 38.5 Å². The van der Waals surface area contributed by atoms with Gasteiger partial charge in [0.15, 0.2) is 11.5 Å². The Hall–Kier alpha value is -2.02. The number of nitrogens with zero attached hydrogens (tertiary/aromatic N) is 3. The van der Waals surface area contributed by atoms with Crippen molar-refractivity contribution in [1.82, 2.24) is 25.2 Å². The molecule has 0 saturated carbocycles. The van der Waals surface area contributed by atoms with Crippen molar-refractivity contribution in [2.24, 2.45) is 7.05 Å². The second kappa shape index (κ2) is 16.6. The minimum Gasteiger partial charge on any atom is -0.373 e. The molecule has 0 saturated heterocycles. The minimum absolute atomic E-state index is 0.0905. The molecule has 0 aromatic carbocycles. The van der Waals surface area contributed by atoms with E-state index in [0.29, 0.717) is 28.4 Å². The summed E-state index contributed by atoms with van der Waals surface area (Å²) in [6, 6.07) is 1.81. The summed E-state index contributed by atoms with van der Waals surface area (Å²) < 4.78 is 1.90. The van der Waals surface area contributed by atoms with Crippen LogP contribution in [0.5, 0.6) is 0 Å². The fraction of sp³-hybridized carbons (Fsp3) is 0.704. The van der Waals surface area contributed by atoms with Crippen molar-refractivity contribution in [1.29, 1.82) is 0 Å². The molecule has 0 unspecified atom stereocenters. The Labute approximate surface area is 211 Å². The van der Waals surface area contributed by atoms with E-state index in [2.05, 4.69) is 34.4 Å². The third-order valence-electron chi connectivity index (χ3n) is 6.31. The number of nitrogens with one attached hydrogen (secondary N) is 2. The Morgan fingerprint density at radius 3 is 1.97 bits per heavy atom. The van der Waals surface area contributed by atoms with Gasteiger partial charge in [-0.2, -0.15) is 0 Å². The number of amides is 1. The third-order valence-corrected chi connectivity index (χ3v) is 6.63. The Balaban J connectivity index is 1.77. The molecule has 1 amide bonds. The van der Waals surface area contributed by atoms with Crippen LogP contribution >= 0.6 is 12.2 Å². The summed E-state index contributed by atoms with van der Waals surface area (Å²) in [6.07, 6.45) is 19.2. The Kier molecular flexibility index (Phi) is 13.8. The first kappa shape index (κ1) is 28.2. The molecule has 0 fully saturated rings. The van der Waals surface area contributed by atoms with Crippen LogP contribution in [0.2, 0.25) is 0 Å². The number of carbonyl (C=O) groups is 1. The number of aryl methyl sites for hydroxylation is 1. The fourth-order valence-electron chi connectivity index (χ4n) is 4.15. The first-order chi connectivity index (χ1) is 16.6. The molecule has 0 bridgehead atoms. The van der Waals surface area contributed by atoms with E-state index in [9.17, 15) is 4.79 Å². The lowest BCUT2D eigenvalue weighted by Crippen LogP contribution is -2.26. The van der Waals surface area contributed by atoms with Crippen molar-refractivity contribution < 1.29 is 4.79 Å². The number of pyridine rings is 1. The number of rotatable bonds is 18. The van der Waals surface area contributed by atoms with Gasteiger partial charge in [0.05, 0.1) is 5.56 Å². The number of unbranched alkanes of at least 4 members (excludes halogenated alkanes) is 12. The number of fused-ring (bicyclic) bond motifs is 1. The van der Waals surface area contributed by atoms with E-state index in [1.54, 1.807) is 6.20 Å². The van der Waals surface area contributed by atoms with Crippen LogP contribution in [0.4, 0.5) is 0 Å². The first-order valence-electron chi connectivity index (χ1n) is 13.5. The Bertz CT molecular complexity index is 879. The molecule has 34 heavy (non-hydrogen) atoms. The molecule has 0 aliphatic heterocycles. The zero-order valence-electron chi connectivity index (χ0n) is 21.6. The van der Waals surface area contributed by atoms with E-state index >= 15 is 0 Å². The number of hydrogen-bond acceptors (Lipinski definition) is 4. The van der Waals surface area contributed by atoms with Gasteiger partial charge < -0.3 is 15.2 Å². The van der Waals surface area contributed by atoms with Crippen LogP contribution in [0.1, 0.15) is 120 Å². The largest absolute Gasteiger partial charge is 0.373 e. The molecule has 0 radical (unpaired) electrons. The molecule has 7 heteroatoms. The standard InChI is InChI=1S/C27H45N5OS/c1-4-6-8-10-12-14-16-18-28-26(33)22-20-23-24(30-21-22)32(3)25(31-23)27(34)29-19-17-15-13-11-9-7-5-2/h20-21H,4-19H2,1-3H3,(H,28,33)(H,29,34). The highest BCUT2D eigenvalue weighted by Crippen LogP contribution is 2.15. The van der Waals surface area contributed by atoms with Gasteiger partial charge in [0.25, 0.3) is 5.91 Å². The normalized spacial score (nSPS) is 11.1. The van der Waals surface area contributed by atoms with E-state index in [1.807, 2.05) is 17.7 Å². The monoisotopic (exact) mass is 487 g/mol. The second-order valence-electron chi connectivity index (χ2n) is 9.32. The van der Waals surface area contributed by atoms with E-state index in [-0.39, 0.29) is 5.91 Å². The van der Waals surface area contributed by atoms with Gasteiger partial charge in [0.2, 0.25) is 0 Å². The van der Waals surface area contributed by atoms with Crippen molar-refractivity contribution in [3.8, 4) is 0 Å². The van der Waals surface area contributed by atoms with Crippen LogP contribution in [0.3, 0.4) is 0 Å². The quantitative estimate of drug-likeness (QED) is 0.186. The Morgan fingerprint density at radius 2 is 1.38 bits per heavy atom. The molecule has 190 valence electrons. The highest BCUT2D eigenvalue weighted by Gasteiger charge is 2.15. The van der Waals surface area contributed by atoms with Gasteiger partial charge in [0.1, 0.15) is 10.5 Å². The molecule has 0 spiro atoms. The molecule has 0 aliphatic rings. The summed E-state index contributed by atoms with van der Waals surface area (Å²) in [5, 5.41) is 6.35. The van der Waals surface area contributed by atoms with Crippen LogP contribution in [0.25, 0.3) is 11.2 Å². The van der Waals surface area contributed by atoms with Gasteiger partial charge in [-0.1, -0.05) is 103 Å². The number of imidazole rings is 1. The predicted molar refractivity (Wildman–Crippen MR) is 147 cm³/mol. The van der Waals surface area contributed by atoms with Crippen molar-refractivity contribution in [3.63, 3.8) is 0 Å². The summed E-state index contributed by atoms with van der Waals surface area (Å²) in [6.45, 7) is 6.03. The Morgan fingerprint density at radius 1 is 0.853 bits per heavy atom. The highest BCUT2D eigenvalue weighted by molar-refractivity contribution is 7.80. The highest BCUT2D eigenvalue weighted by atomic mass is 32.1. The molecule has 6 nitrogen and oxygen atoms in total. The summed E-state index contributed by atoms with van der Waals surface area (Å²) in [4.78, 5) is 22.3. The molecule has 2 rings (SSSR count). The molecule has 2 N–H and O–H groups in total. The summed E-state index contributed by atoms with van der Waals surface area (Å²) >= 11 is 5.58. The molecular weight excluding hydrogens is 442 g/mol. The van der Waals surface area contributed by atoms with Crippen LogP contribution < -0.4 is 10.6 Å². The number of hydrogen-bond donors (Lipinski definition) is 2. The topological polar surface area (TPSA) is 71.8 Å². The smallest absolute Gasteiger partial charge is 0.252 e. The number of carbonyl (C=O) groups excluding carboxylic acids is 1. The van der Waals surface area contributed by atoms with Crippen LogP contribution in [-0.2, 0) is 7.05 Å². The predicted octanol–water partition coefficient (Wildman–Crippen LogP) is 6.46. The molecule has 2 aromatic rings. The van der Waals surface area contributed by atoms with E-state index in [0.717, 1.165) is 31.5 Å². The van der Waals surface area contributed by atoms with Gasteiger partial charge in [-0.05, 0) is 18.9 Å². The molecule has 2 heterocycles. The lowest BCUT2D eigenvalue weighted by atomic mass is 10.1. The lowest BCUT2D eigenvalue weighted by Gasteiger charge is -2.07.